The largest absolute Gasteiger partial charge is 0.459 e. The van der Waals surface area contributed by atoms with E-state index in [0.717, 1.165) is 6.42 Å². The number of esters is 1. The number of hydrogen-bond acceptors (Lipinski definition) is 8. The van der Waals surface area contributed by atoms with Crippen molar-refractivity contribution in [2.24, 2.45) is 0 Å². The molecule has 8 nitrogen and oxygen atoms in total. The van der Waals surface area contributed by atoms with Crippen molar-refractivity contribution < 1.29 is 23.2 Å². The fourth-order valence-electron chi connectivity index (χ4n) is 3.04. The van der Waals surface area contributed by atoms with Gasteiger partial charge in [0.1, 0.15) is 6.04 Å². The highest BCUT2D eigenvalue weighted by molar-refractivity contribution is 8.01. The zero-order valence-corrected chi connectivity index (χ0v) is 13.7. The number of nitrogens with zero attached hydrogens (tertiary/aromatic N) is 3. The van der Waals surface area contributed by atoms with E-state index >= 15 is 0 Å². The average molecular weight is 349 g/mol. The first-order chi connectivity index (χ1) is 11.6. The summed E-state index contributed by atoms with van der Waals surface area (Å²) in [4.78, 5) is 25.7. The van der Waals surface area contributed by atoms with Crippen LogP contribution in [0.5, 0.6) is 0 Å². The summed E-state index contributed by atoms with van der Waals surface area (Å²) < 4.78 is 15.8. The van der Waals surface area contributed by atoms with Gasteiger partial charge in [-0.15, -0.1) is 22.0 Å². The van der Waals surface area contributed by atoms with Gasteiger partial charge in [0, 0.05) is 12.2 Å². The zero-order chi connectivity index (χ0) is 16.7. The third-order valence-electron chi connectivity index (χ3n) is 4.25. The number of fused-ring (bicyclic) bond motifs is 1. The van der Waals surface area contributed by atoms with Gasteiger partial charge in [0.25, 0.3) is 11.8 Å². The van der Waals surface area contributed by atoms with Gasteiger partial charge in [-0.05, 0) is 25.5 Å². The quantitative estimate of drug-likeness (QED) is 0.771. The Labute approximate surface area is 141 Å². The second-order valence-corrected chi connectivity index (χ2v) is 7.35. The summed E-state index contributed by atoms with van der Waals surface area (Å²) in [6, 6.07) is 2.85. The first kappa shape index (κ1) is 15.3. The van der Waals surface area contributed by atoms with Crippen molar-refractivity contribution in [3.63, 3.8) is 0 Å². The van der Waals surface area contributed by atoms with Crippen LogP contribution in [0.1, 0.15) is 25.7 Å². The summed E-state index contributed by atoms with van der Waals surface area (Å²) in [6.07, 6.45) is 2.74. The second-order valence-electron chi connectivity index (χ2n) is 5.85. The number of carbonyl (C=O) groups is 2. The van der Waals surface area contributed by atoms with E-state index in [2.05, 4.69) is 10.2 Å². The Hall–Kier alpha value is -2.29. The van der Waals surface area contributed by atoms with E-state index in [1.54, 1.807) is 28.8 Å². The first-order valence-corrected chi connectivity index (χ1v) is 8.54. The molecule has 2 saturated heterocycles. The van der Waals surface area contributed by atoms with E-state index in [1.807, 2.05) is 6.92 Å². The van der Waals surface area contributed by atoms with Gasteiger partial charge in [0.15, 0.2) is 12.4 Å². The number of amides is 1. The van der Waals surface area contributed by atoms with Crippen LogP contribution in [-0.2, 0) is 20.9 Å². The highest BCUT2D eigenvalue weighted by Crippen LogP contribution is 2.47. The van der Waals surface area contributed by atoms with Gasteiger partial charge < -0.3 is 18.5 Å². The molecular weight excluding hydrogens is 334 g/mol. The molecule has 0 aromatic carbocycles. The fourth-order valence-corrected chi connectivity index (χ4v) is 4.45. The van der Waals surface area contributed by atoms with Crippen LogP contribution in [0.15, 0.2) is 27.2 Å². The number of ether oxygens (including phenoxy) is 1. The molecule has 0 bridgehead atoms. The van der Waals surface area contributed by atoms with E-state index in [-0.39, 0.29) is 29.2 Å². The van der Waals surface area contributed by atoms with Crippen LogP contribution >= 0.6 is 11.8 Å². The standard InChI is InChI=1S/C15H15N3O5S/c1-15-5-4-12(19)18(15)9(8-24-15)14(20)22-7-11-16-17-13(23-11)10-3-2-6-21-10/h2-3,6,9H,4-5,7-8H2,1H3/t9-,15-/m1/s1. The molecular formula is C15H15N3O5S. The van der Waals surface area contributed by atoms with Crippen molar-refractivity contribution in [2.45, 2.75) is 37.3 Å². The molecule has 0 radical (unpaired) electrons. The second kappa shape index (κ2) is 5.66. The lowest BCUT2D eigenvalue weighted by atomic mass is 10.2. The lowest BCUT2D eigenvalue weighted by Gasteiger charge is -2.29. The van der Waals surface area contributed by atoms with Crippen molar-refractivity contribution in [2.75, 3.05) is 5.75 Å². The molecule has 24 heavy (non-hydrogen) atoms. The Morgan fingerprint density at radius 1 is 1.54 bits per heavy atom. The number of aromatic nitrogens is 2. The predicted octanol–water partition coefficient (Wildman–Crippen LogP) is 1.83. The monoisotopic (exact) mass is 349 g/mol. The third-order valence-corrected chi connectivity index (χ3v) is 5.76. The van der Waals surface area contributed by atoms with Crippen LogP contribution in [0.3, 0.4) is 0 Å². The van der Waals surface area contributed by atoms with Crippen LogP contribution < -0.4 is 0 Å². The number of thioether (sulfide) groups is 1. The van der Waals surface area contributed by atoms with Crippen LogP contribution in [0, 0.1) is 0 Å². The average Bonchev–Trinajstić information content (AvgIpc) is 3.31. The summed E-state index contributed by atoms with van der Waals surface area (Å²) >= 11 is 1.62. The van der Waals surface area contributed by atoms with Crippen LogP contribution in [0.25, 0.3) is 11.7 Å². The molecule has 2 aliphatic rings. The Kier molecular flexibility index (Phi) is 3.60. The van der Waals surface area contributed by atoms with Gasteiger partial charge in [-0.1, -0.05) is 0 Å². The molecule has 4 rings (SSSR count). The molecule has 0 saturated carbocycles. The van der Waals surface area contributed by atoms with Crippen molar-refractivity contribution in [1.82, 2.24) is 15.1 Å². The fraction of sp³-hybridized carbons (Fsp3) is 0.467. The SMILES string of the molecule is C[C@@]12CCC(=O)N1[C@@H](C(=O)OCc1nnc(-c3ccco3)o1)CS2. The molecule has 2 aliphatic heterocycles. The highest BCUT2D eigenvalue weighted by atomic mass is 32.2. The number of rotatable bonds is 4. The molecule has 0 aliphatic carbocycles. The van der Waals surface area contributed by atoms with Crippen LogP contribution in [0.4, 0.5) is 0 Å². The molecule has 0 spiro atoms. The van der Waals surface area contributed by atoms with Gasteiger partial charge in [0.2, 0.25) is 5.91 Å². The van der Waals surface area contributed by atoms with E-state index < -0.39 is 12.0 Å². The lowest BCUT2D eigenvalue weighted by molar-refractivity contribution is -0.155. The highest BCUT2D eigenvalue weighted by Gasteiger charge is 2.53. The van der Waals surface area contributed by atoms with E-state index in [1.165, 1.54) is 6.26 Å². The molecule has 2 aromatic heterocycles. The molecule has 4 heterocycles. The van der Waals surface area contributed by atoms with Gasteiger partial charge in [0.05, 0.1) is 11.1 Å². The Bertz CT molecular complexity index is 774. The molecule has 0 N–H and O–H groups in total. The van der Waals surface area contributed by atoms with Gasteiger partial charge in [-0.3, -0.25) is 4.79 Å². The molecule has 9 heteroatoms. The number of furan rings is 1. The van der Waals surface area contributed by atoms with Crippen molar-refractivity contribution in [3.8, 4) is 11.7 Å². The van der Waals surface area contributed by atoms with Crippen molar-refractivity contribution in [3.05, 3.63) is 24.3 Å². The number of carbonyl (C=O) groups excluding carboxylic acids is 2. The van der Waals surface area contributed by atoms with Gasteiger partial charge in [-0.25, -0.2) is 4.79 Å². The van der Waals surface area contributed by atoms with Crippen molar-refractivity contribution in [1.29, 1.82) is 0 Å². The molecule has 2 atom stereocenters. The molecule has 0 unspecified atom stereocenters. The predicted molar refractivity (Wildman–Crippen MR) is 82.5 cm³/mol. The van der Waals surface area contributed by atoms with Crippen LogP contribution in [-0.4, -0.2) is 43.6 Å². The summed E-state index contributed by atoms with van der Waals surface area (Å²) in [5.41, 5.74) is 0. The topological polar surface area (TPSA) is 98.7 Å². The maximum Gasteiger partial charge on any atom is 0.330 e. The van der Waals surface area contributed by atoms with E-state index in [4.69, 9.17) is 13.6 Å². The van der Waals surface area contributed by atoms with Crippen molar-refractivity contribution >= 4 is 23.6 Å². The smallest absolute Gasteiger partial charge is 0.330 e. The van der Waals surface area contributed by atoms with Gasteiger partial charge >= 0.3 is 5.97 Å². The maximum atomic E-state index is 12.3. The normalized spacial score (nSPS) is 26.0. The molecule has 2 fully saturated rings. The molecule has 126 valence electrons. The number of hydrogen-bond donors (Lipinski definition) is 0. The molecule has 1 amide bonds. The Balaban J connectivity index is 1.40. The maximum absolute atomic E-state index is 12.3. The minimum atomic E-state index is -0.553. The van der Waals surface area contributed by atoms with Gasteiger partial charge in [-0.2, -0.15) is 0 Å². The summed E-state index contributed by atoms with van der Waals surface area (Å²) in [7, 11) is 0. The third kappa shape index (κ3) is 2.48. The Morgan fingerprint density at radius 3 is 3.21 bits per heavy atom. The lowest BCUT2D eigenvalue weighted by Crippen LogP contribution is -2.46. The minimum Gasteiger partial charge on any atom is -0.459 e. The van der Waals surface area contributed by atoms with E-state index in [9.17, 15) is 9.59 Å². The zero-order valence-electron chi connectivity index (χ0n) is 12.9. The first-order valence-electron chi connectivity index (χ1n) is 7.56. The summed E-state index contributed by atoms with van der Waals surface area (Å²) in [5, 5.41) is 7.67. The minimum absolute atomic E-state index is 0.00217. The van der Waals surface area contributed by atoms with E-state index in [0.29, 0.717) is 17.9 Å². The Morgan fingerprint density at radius 2 is 2.42 bits per heavy atom. The van der Waals surface area contributed by atoms with Crippen LogP contribution in [0.2, 0.25) is 0 Å². The summed E-state index contributed by atoms with van der Waals surface area (Å²) in [5.74, 6) is 0.954. The summed E-state index contributed by atoms with van der Waals surface area (Å²) in [6.45, 7) is 1.86. The molecule has 2 aromatic rings.